The van der Waals surface area contributed by atoms with Crippen molar-refractivity contribution in [3.05, 3.63) is 34.1 Å². The van der Waals surface area contributed by atoms with E-state index in [1.165, 1.54) is 39.3 Å². The quantitative estimate of drug-likeness (QED) is 0.552. The number of hydrogen-bond acceptors (Lipinski definition) is 2. The Hall–Kier alpha value is -0.230. The molecule has 0 aromatic heterocycles. The number of alkyl halides is 2. The minimum atomic E-state index is -3.23. The fourth-order valence-corrected chi connectivity index (χ4v) is 3.58. The van der Waals surface area contributed by atoms with Gasteiger partial charge in [-0.15, -0.1) is 0 Å². The molecule has 3 unspecified atom stereocenters. The van der Waals surface area contributed by atoms with Crippen molar-refractivity contribution in [2.45, 2.75) is 24.2 Å². The average molecular weight is 400 g/mol. The maximum absolute atomic E-state index is 14.3. The van der Waals surface area contributed by atoms with Crippen molar-refractivity contribution < 1.29 is 17.9 Å². The molecule has 21 heavy (non-hydrogen) atoms. The van der Waals surface area contributed by atoms with Crippen molar-refractivity contribution in [2.75, 3.05) is 13.7 Å². The second-order valence-corrected chi connectivity index (χ2v) is 7.25. The third kappa shape index (κ3) is 2.98. The Labute approximate surface area is 137 Å². The Morgan fingerprint density at radius 2 is 2.14 bits per heavy atom. The van der Waals surface area contributed by atoms with Crippen LogP contribution in [-0.2, 0) is 10.3 Å². The molecule has 0 spiro atoms. The molecule has 1 aliphatic rings. The highest BCUT2D eigenvalue weighted by molar-refractivity contribution is 9.10. The molecule has 0 saturated carbocycles. The third-order valence-electron chi connectivity index (χ3n) is 3.78. The molecule has 0 amide bonds. The Morgan fingerprint density at radius 3 is 2.71 bits per heavy atom. The summed E-state index contributed by atoms with van der Waals surface area (Å²) in [5, 5.41) is 0. The molecule has 116 valence electrons. The van der Waals surface area contributed by atoms with Crippen LogP contribution in [0.4, 0.5) is 13.2 Å². The number of benzene rings is 1. The first-order chi connectivity index (χ1) is 9.58. The van der Waals surface area contributed by atoms with Crippen LogP contribution < -0.4 is 0 Å². The highest BCUT2D eigenvalue weighted by Crippen LogP contribution is 2.46. The van der Waals surface area contributed by atoms with E-state index in [0.29, 0.717) is 9.46 Å². The van der Waals surface area contributed by atoms with E-state index in [1.54, 1.807) is 7.05 Å². The van der Waals surface area contributed by atoms with Gasteiger partial charge in [-0.3, -0.25) is 0 Å². The first-order valence-corrected chi connectivity index (χ1v) is 7.87. The SMILES string of the molecule is CN1C(=S)COC(C(F)(F)P)C1(C)c1cc(Br)ccc1F. The summed E-state index contributed by atoms with van der Waals surface area (Å²) in [5.41, 5.74) is -4.55. The maximum atomic E-state index is 14.3. The normalized spacial score (nSPS) is 27.1. The van der Waals surface area contributed by atoms with Crippen molar-refractivity contribution in [3.63, 3.8) is 0 Å². The maximum Gasteiger partial charge on any atom is 0.287 e. The first kappa shape index (κ1) is 17.1. The highest BCUT2D eigenvalue weighted by atomic mass is 79.9. The number of likely N-dealkylation sites (N-methyl/N-ethyl adjacent to an activating group) is 1. The lowest BCUT2D eigenvalue weighted by Crippen LogP contribution is -2.63. The molecule has 2 nitrogen and oxygen atoms in total. The molecular weight excluding hydrogens is 386 g/mol. The van der Waals surface area contributed by atoms with Crippen LogP contribution in [0.5, 0.6) is 0 Å². The summed E-state index contributed by atoms with van der Waals surface area (Å²) in [6.07, 6.45) is -1.55. The lowest BCUT2D eigenvalue weighted by atomic mass is 9.83. The summed E-state index contributed by atoms with van der Waals surface area (Å²) >= 11 is 8.39. The van der Waals surface area contributed by atoms with E-state index in [4.69, 9.17) is 17.0 Å². The fraction of sp³-hybridized carbons (Fsp3) is 0.462. The van der Waals surface area contributed by atoms with E-state index in [2.05, 4.69) is 15.9 Å². The second kappa shape index (κ2) is 5.76. The number of nitrogens with zero attached hydrogens (tertiary/aromatic N) is 1. The minimum Gasteiger partial charge on any atom is -0.362 e. The monoisotopic (exact) mass is 399 g/mol. The van der Waals surface area contributed by atoms with Gasteiger partial charge in [-0.2, -0.15) is 8.78 Å². The van der Waals surface area contributed by atoms with Crippen molar-refractivity contribution in [2.24, 2.45) is 0 Å². The van der Waals surface area contributed by atoms with Gasteiger partial charge in [0.25, 0.3) is 5.66 Å². The number of rotatable bonds is 2. The molecule has 1 fully saturated rings. The summed E-state index contributed by atoms with van der Waals surface area (Å²) in [4.78, 5) is 1.83. The first-order valence-electron chi connectivity index (χ1n) is 6.09. The number of morpholine rings is 1. The fourth-order valence-electron chi connectivity index (χ4n) is 2.54. The van der Waals surface area contributed by atoms with Crippen LogP contribution in [0, 0.1) is 5.82 Å². The molecule has 1 saturated heterocycles. The summed E-state index contributed by atoms with van der Waals surface area (Å²) in [7, 11) is 3.05. The van der Waals surface area contributed by atoms with Crippen LogP contribution in [0.2, 0.25) is 0 Å². The number of ether oxygens (including phenoxy) is 1. The highest BCUT2D eigenvalue weighted by Gasteiger charge is 2.55. The van der Waals surface area contributed by atoms with Crippen LogP contribution in [0.3, 0.4) is 0 Å². The van der Waals surface area contributed by atoms with Gasteiger partial charge in [0.05, 0.1) is 12.1 Å². The Morgan fingerprint density at radius 1 is 1.52 bits per heavy atom. The number of hydrogen-bond donors (Lipinski definition) is 0. The van der Waals surface area contributed by atoms with Gasteiger partial charge in [0.1, 0.15) is 10.8 Å². The van der Waals surface area contributed by atoms with Crippen LogP contribution in [-0.4, -0.2) is 35.3 Å². The van der Waals surface area contributed by atoms with E-state index in [9.17, 15) is 13.2 Å². The van der Waals surface area contributed by atoms with Crippen LogP contribution in [0.25, 0.3) is 0 Å². The van der Waals surface area contributed by atoms with Gasteiger partial charge < -0.3 is 9.64 Å². The molecule has 3 atom stereocenters. The van der Waals surface area contributed by atoms with E-state index < -0.39 is 23.1 Å². The molecule has 1 aromatic rings. The number of thiocarbonyl (C=S) groups is 1. The topological polar surface area (TPSA) is 12.5 Å². The lowest BCUT2D eigenvalue weighted by molar-refractivity contribution is -0.147. The van der Waals surface area contributed by atoms with E-state index in [-0.39, 0.29) is 12.2 Å². The van der Waals surface area contributed by atoms with Crippen molar-refractivity contribution in [3.8, 4) is 0 Å². The van der Waals surface area contributed by atoms with E-state index in [0.717, 1.165) is 0 Å². The molecule has 1 aromatic carbocycles. The molecule has 0 aliphatic carbocycles. The summed E-state index contributed by atoms with van der Waals surface area (Å²) in [6.45, 7) is 1.41. The third-order valence-corrected chi connectivity index (χ3v) is 4.97. The van der Waals surface area contributed by atoms with Crippen molar-refractivity contribution in [1.29, 1.82) is 0 Å². The van der Waals surface area contributed by atoms with Gasteiger partial charge in [0.15, 0.2) is 6.10 Å². The van der Waals surface area contributed by atoms with Crippen LogP contribution >= 0.6 is 37.4 Å². The second-order valence-electron chi connectivity index (χ2n) is 5.09. The summed E-state index contributed by atoms with van der Waals surface area (Å²) in [6, 6.07) is 4.22. The van der Waals surface area contributed by atoms with Crippen molar-refractivity contribution >= 4 is 42.4 Å². The molecular formula is C13H14BrF3NOPS. The standard InChI is InChI=1S/C13H14BrF3NOPS/c1-12(8-5-7(14)3-4-9(8)15)11(13(16,17)20)19-6-10(21)18(12)2/h3-5,11H,6,20H2,1-2H3. The predicted octanol–water partition coefficient (Wildman–Crippen LogP) is 3.93. The van der Waals surface area contributed by atoms with Gasteiger partial charge in [0.2, 0.25) is 0 Å². The summed E-state index contributed by atoms with van der Waals surface area (Å²) < 4.78 is 48.0. The van der Waals surface area contributed by atoms with Gasteiger partial charge in [-0.1, -0.05) is 37.4 Å². The Kier molecular flexibility index (Phi) is 4.70. The minimum absolute atomic E-state index is 0.0916. The Balaban J connectivity index is 2.66. The molecule has 0 radical (unpaired) electrons. The molecule has 1 aliphatic heterocycles. The predicted molar refractivity (Wildman–Crippen MR) is 86.2 cm³/mol. The van der Waals surface area contributed by atoms with Gasteiger partial charge in [0, 0.05) is 17.1 Å². The molecule has 0 bridgehead atoms. The van der Waals surface area contributed by atoms with Crippen LogP contribution in [0.1, 0.15) is 12.5 Å². The van der Waals surface area contributed by atoms with Gasteiger partial charge in [-0.05, 0) is 25.1 Å². The molecule has 2 rings (SSSR count). The summed E-state index contributed by atoms with van der Waals surface area (Å²) in [5.74, 6) is -0.583. The zero-order valence-corrected chi connectivity index (χ0v) is 14.9. The molecule has 8 heteroatoms. The van der Waals surface area contributed by atoms with Gasteiger partial charge in [-0.25, -0.2) is 4.39 Å². The van der Waals surface area contributed by atoms with Crippen LogP contribution in [0.15, 0.2) is 22.7 Å². The largest absolute Gasteiger partial charge is 0.362 e. The zero-order valence-electron chi connectivity index (χ0n) is 11.4. The number of halogens is 4. The Bertz CT molecular complexity index is 583. The van der Waals surface area contributed by atoms with Gasteiger partial charge >= 0.3 is 0 Å². The van der Waals surface area contributed by atoms with E-state index in [1.807, 2.05) is 0 Å². The zero-order chi connectivity index (χ0) is 16.0. The average Bonchev–Trinajstić information content (AvgIpc) is 2.37. The molecule has 0 N–H and O–H groups in total. The van der Waals surface area contributed by atoms with E-state index >= 15 is 0 Å². The van der Waals surface area contributed by atoms with Crippen molar-refractivity contribution in [1.82, 2.24) is 4.90 Å². The smallest absolute Gasteiger partial charge is 0.287 e. The molecule has 1 heterocycles. The lowest BCUT2D eigenvalue weighted by Gasteiger charge is -2.51.